The molecule has 0 radical (unpaired) electrons. The van der Waals surface area contributed by atoms with Crippen molar-refractivity contribution in [2.75, 3.05) is 20.1 Å². The monoisotopic (exact) mass is 280 g/mol. The molecule has 1 fully saturated rings. The molecule has 1 aliphatic rings. The third-order valence-electron chi connectivity index (χ3n) is 4.26. The largest absolute Gasteiger partial charge is 0.317 e. The highest BCUT2D eigenvalue weighted by molar-refractivity contribution is 6.30. The molecule has 1 aliphatic heterocycles. The number of benzene rings is 1. The molecule has 0 saturated carbocycles. The highest BCUT2D eigenvalue weighted by Gasteiger charge is 2.20. The molecule has 1 N–H and O–H groups in total. The molecule has 2 rings (SSSR count). The van der Waals surface area contributed by atoms with E-state index in [1.807, 2.05) is 12.1 Å². The van der Waals surface area contributed by atoms with Crippen molar-refractivity contribution in [2.45, 2.75) is 44.7 Å². The van der Waals surface area contributed by atoms with Crippen molar-refractivity contribution in [3.05, 3.63) is 34.9 Å². The van der Waals surface area contributed by atoms with E-state index < -0.39 is 0 Å². The van der Waals surface area contributed by atoms with Gasteiger partial charge in [0.15, 0.2) is 0 Å². The molecule has 1 aromatic carbocycles. The summed E-state index contributed by atoms with van der Waals surface area (Å²) in [5.74, 6) is 0. The molecule has 1 heterocycles. The number of halogens is 1. The predicted octanol–water partition coefficient (Wildman–Crippen LogP) is 3.34. The topological polar surface area (TPSA) is 15.3 Å². The first-order chi connectivity index (χ1) is 9.16. The van der Waals surface area contributed by atoms with Crippen molar-refractivity contribution in [3.8, 4) is 0 Å². The van der Waals surface area contributed by atoms with Gasteiger partial charge in [-0.2, -0.15) is 0 Å². The van der Waals surface area contributed by atoms with Crippen LogP contribution in [0.5, 0.6) is 0 Å². The fourth-order valence-electron chi connectivity index (χ4n) is 2.87. The molecule has 0 amide bonds. The summed E-state index contributed by atoms with van der Waals surface area (Å²) < 4.78 is 0. The maximum absolute atomic E-state index is 5.93. The molecular weight excluding hydrogens is 256 g/mol. The van der Waals surface area contributed by atoms with Crippen LogP contribution in [-0.4, -0.2) is 37.1 Å². The van der Waals surface area contributed by atoms with E-state index in [4.69, 9.17) is 11.6 Å². The lowest BCUT2D eigenvalue weighted by Gasteiger charge is -2.32. The Bertz CT molecular complexity index is 369. The molecule has 0 aliphatic carbocycles. The summed E-state index contributed by atoms with van der Waals surface area (Å²) in [6.45, 7) is 4.66. The third-order valence-corrected chi connectivity index (χ3v) is 4.51. The van der Waals surface area contributed by atoms with Gasteiger partial charge in [-0.3, -0.25) is 0 Å². The van der Waals surface area contributed by atoms with Gasteiger partial charge in [0.05, 0.1) is 0 Å². The number of hydrogen-bond donors (Lipinski definition) is 1. The summed E-state index contributed by atoms with van der Waals surface area (Å²) in [5, 5.41) is 4.30. The van der Waals surface area contributed by atoms with Crippen LogP contribution in [0.3, 0.4) is 0 Å². The van der Waals surface area contributed by atoms with Crippen LogP contribution >= 0.6 is 11.6 Å². The van der Waals surface area contributed by atoms with E-state index in [-0.39, 0.29) is 0 Å². The predicted molar refractivity (Wildman–Crippen MR) is 82.9 cm³/mol. The summed E-state index contributed by atoms with van der Waals surface area (Å²) in [6, 6.07) is 9.54. The maximum Gasteiger partial charge on any atom is 0.0406 e. The van der Waals surface area contributed by atoms with Crippen molar-refractivity contribution in [3.63, 3.8) is 0 Å². The second-order valence-corrected chi connectivity index (χ2v) is 6.12. The average molecular weight is 281 g/mol. The van der Waals surface area contributed by atoms with Crippen molar-refractivity contribution in [1.82, 2.24) is 10.2 Å². The Balaban J connectivity index is 1.90. The van der Waals surface area contributed by atoms with Gasteiger partial charge in [-0.1, -0.05) is 23.7 Å². The van der Waals surface area contributed by atoms with Gasteiger partial charge in [0.25, 0.3) is 0 Å². The van der Waals surface area contributed by atoms with Gasteiger partial charge < -0.3 is 10.2 Å². The Morgan fingerprint density at radius 1 is 1.26 bits per heavy atom. The Labute approximate surface area is 122 Å². The summed E-state index contributed by atoms with van der Waals surface area (Å²) in [4.78, 5) is 2.56. The van der Waals surface area contributed by atoms with E-state index in [1.54, 1.807) is 0 Å². The lowest BCUT2D eigenvalue weighted by molar-refractivity contribution is 0.169. The molecule has 106 valence electrons. The molecule has 3 heteroatoms. The first kappa shape index (κ1) is 14.8. The Hall–Kier alpha value is -0.570. The van der Waals surface area contributed by atoms with Gasteiger partial charge >= 0.3 is 0 Å². The van der Waals surface area contributed by atoms with Gasteiger partial charge in [0.1, 0.15) is 0 Å². The van der Waals surface area contributed by atoms with Crippen molar-refractivity contribution in [2.24, 2.45) is 0 Å². The normalized spacial score (nSPS) is 22.2. The van der Waals surface area contributed by atoms with Crippen LogP contribution in [0.15, 0.2) is 24.3 Å². The molecule has 1 aromatic rings. The SMILES string of the molecule is CC(Cc1ccc(Cl)cc1)N(C)C1CCCNCC1. The molecule has 0 bridgehead atoms. The molecule has 0 spiro atoms. The number of rotatable bonds is 4. The molecule has 2 nitrogen and oxygen atoms in total. The summed E-state index contributed by atoms with van der Waals surface area (Å²) in [5.41, 5.74) is 1.37. The second kappa shape index (κ2) is 7.28. The van der Waals surface area contributed by atoms with E-state index in [2.05, 4.69) is 36.3 Å². The molecule has 19 heavy (non-hydrogen) atoms. The Morgan fingerprint density at radius 3 is 2.74 bits per heavy atom. The maximum atomic E-state index is 5.93. The zero-order valence-electron chi connectivity index (χ0n) is 12.0. The van der Waals surface area contributed by atoms with Crippen LogP contribution in [0.25, 0.3) is 0 Å². The number of hydrogen-bond acceptors (Lipinski definition) is 2. The molecule has 2 unspecified atom stereocenters. The van der Waals surface area contributed by atoms with E-state index in [9.17, 15) is 0 Å². The van der Waals surface area contributed by atoms with Gasteiger partial charge in [0, 0.05) is 17.1 Å². The minimum Gasteiger partial charge on any atom is -0.317 e. The van der Waals surface area contributed by atoms with Gasteiger partial charge in [-0.15, -0.1) is 0 Å². The third kappa shape index (κ3) is 4.48. The highest BCUT2D eigenvalue weighted by Crippen LogP contribution is 2.18. The van der Waals surface area contributed by atoms with Crippen LogP contribution in [0, 0.1) is 0 Å². The molecule has 2 atom stereocenters. The van der Waals surface area contributed by atoms with Crippen LogP contribution in [0.1, 0.15) is 31.7 Å². The van der Waals surface area contributed by atoms with E-state index >= 15 is 0 Å². The van der Waals surface area contributed by atoms with Gasteiger partial charge in [-0.05, 0) is 70.4 Å². The first-order valence-corrected chi connectivity index (χ1v) is 7.71. The first-order valence-electron chi connectivity index (χ1n) is 7.34. The minimum atomic E-state index is 0.573. The summed E-state index contributed by atoms with van der Waals surface area (Å²) in [7, 11) is 2.27. The lowest BCUT2D eigenvalue weighted by Crippen LogP contribution is -2.40. The van der Waals surface area contributed by atoms with Gasteiger partial charge in [-0.25, -0.2) is 0 Å². The number of likely N-dealkylation sites (N-methyl/N-ethyl adjacent to an activating group) is 1. The molecular formula is C16H25ClN2. The van der Waals surface area contributed by atoms with E-state index in [0.29, 0.717) is 6.04 Å². The Kier molecular flexibility index (Phi) is 5.68. The number of nitrogens with zero attached hydrogens (tertiary/aromatic N) is 1. The Morgan fingerprint density at radius 2 is 2.00 bits per heavy atom. The van der Waals surface area contributed by atoms with Crippen molar-refractivity contribution >= 4 is 11.6 Å². The zero-order chi connectivity index (χ0) is 13.7. The molecule has 1 saturated heterocycles. The summed E-state index contributed by atoms with van der Waals surface area (Å²) >= 11 is 5.93. The fraction of sp³-hybridized carbons (Fsp3) is 0.625. The van der Waals surface area contributed by atoms with Crippen LogP contribution in [-0.2, 0) is 6.42 Å². The van der Waals surface area contributed by atoms with E-state index in [0.717, 1.165) is 24.0 Å². The summed E-state index contributed by atoms with van der Waals surface area (Å²) in [6.07, 6.45) is 4.97. The van der Waals surface area contributed by atoms with Crippen molar-refractivity contribution < 1.29 is 0 Å². The van der Waals surface area contributed by atoms with Crippen LogP contribution < -0.4 is 5.32 Å². The quantitative estimate of drug-likeness (QED) is 0.910. The van der Waals surface area contributed by atoms with Crippen molar-refractivity contribution in [1.29, 1.82) is 0 Å². The van der Waals surface area contributed by atoms with Crippen LogP contribution in [0.2, 0.25) is 5.02 Å². The zero-order valence-corrected chi connectivity index (χ0v) is 12.8. The fourth-order valence-corrected chi connectivity index (χ4v) is 3.00. The lowest BCUT2D eigenvalue weighted by atomic mass is 10.0. The van der Waals surface area contributed by atoms with Gasteiger partial charge in [0.2, 0.25) is 0 Å². The smallest absolute Gasteiger partial charge is 0.0406 e. The second-order valence-electron chi connectivity index (χ2n) is 5.68. The average Bonchev–Trinajstić information content (AvgIpc) is 2.69. The molecule has 0 aromatic heterocycles. The van der Waals surface area contributed by atoms with E-state index in [1.165, 1.54) is 31.4 Å². The standard InChI is InChI=1S/C16H25ClN2/c1-13(12-14-5-7-15(17)8-6-14)19(2)16-4-3-10-18-11-9-16/h5-8,13,16,18H,3-4,9-12H2,1-2H3. The minimum absolute atomic E-state index is 0.573. The van der Waals surface area contributed by atoms with Crippen LogP contribution in [0.4, 0.5) is 0 Å². The number of nitrogens with one attached hydrogen (secondary N) is 1. The highest BCUT2D eigenvalue weighted by atomic mass is 35.5.